The Bertz CT molecular complexity index is 881. The molecule has 1 aliphatic rings. The first kappa shape index (κ1) is 19.3. The van der Waals surface area contributed by atoms with Crippen LogP contribution in [0.2, 0.25) is 0 Å². The third kappa shape index (κ3) is 4.11. The summed E-state index contributed by atoms with van der Waals surface area (Å²) < 4.78 is 25.9. The first-order valence-electron chi connectivity index (χ1n) is 8.55. The number of methoxy groups -OCH3 is 3. The summed E-state index contributed by atoms with van der Waals surface area (Å²) in [4.78, 5) is 24.6. The second kappa shape index (κ2) is 8.51. The normalized spacial score (nSPS) is 12.8. The molecule has 1 atom stereocenters. The third-order valence-corrected chi connectivity index (χ3v) is 4.35. The Morgan fingerprint density at radius 1 is 1.00 bits per heavy atom. The molecule has 0 spiro atoms. The SMILES string of the molecule is COC(=O)C[C@@H](NC(=O)c1ccc2c(c1)OCO2)c1ccc(OC)c(OC)c1. The number of esters is 1. The van der Waals surface area contributed by atoms with Crippen molar-refractivity contribution in [3.05, 3.63) is 47.5 Å². The lowest BCUT2D eigenvalue weighted by Gasteiger charge is -2.20. The number of ether oxygens (including phenoxy) is 5. The minimum Gasteiger partial charge on any atom is -0.493 e. The summed E-state index contributed by atoms with van der Waals surface area (Å²) in [5, 5.41) is 2.86. The molecule has 0 fully saturated rings. The molecule has 1 N–H and O–H groups in total. The molecule has 0 radical (unpaired) electrons. The topological polar surface area (TPSA) is 92.3 Å². The number of benzene rings is 2. The molecule has 0 saturated heterocycles. The summed E-state index contributed by atoms with van der Waals surface area (Å²) in [7, 11) is 4.35. The Kier molecular flexibility index (Phi) is 5.88. The minimum atomic E-state index is -0.620. The van der Waals surface area contributed by atoms with Gasteiger partial charge >= 0.3 is 5.97 Å². The summed E-state index contributed by atoms with van der Waals surface area (Å²) >= 11 is 0. The van der Waals surface area contributed by atoms with E-state index in [1.165, 1.54) is 21.3 Å². The molecule has 1 aliphatic heterocycles. The number of carbonyl (C=O) groups is 2. The first-order valence-corrected chi connectivity index (χ1v) is 8.55. The maximum absolute atomic E-state index is 12.8. The number of fused-ring (bicyclic) bond motifs is 1. The third-order valence-electron chi connectivity index (χ3n) is 4.35. The van der Waals surface area contributed by atoms with E-state index in [0.29, 0.717) is 34.1 Å². The van der Waals surface area contributed by atoms with Crippen molar-refractivity contribution in [2.24, 2.45) is 0 Å². The first-order chi connectivity index (χ1) is 13.5. The van der Waals surface area contributed by atoms with Crippen LogP contribution in [0.4, 0.5) is 0 Å². The minimum absolute atomic E-state index is 0.0394. The predicted octanol–water partition coefficient (Wildman–Crippen LogP) is 2.47. The van der Waals surface area contributed by atoms with Crippen LogP contribution in [-0.4, -0.2) is 40.0 Å². The monoisotopic (exact) mass is 387 g/mol. The zero-order valence-electron chi connectivity index (χ0n) is 15.8. The zero-order valence-corrected chi connectivity index (χ0v) is 15.8. The molecule has 0 unspecified atom stereocenters. The molecule has 0 aromatic heterocycles. The molecule has 8 nitrogen and oxygen atoms in total. The van der Waals surface area contributed by atoms with Crippen molar-refractivity contribution in [2.45, 2.75) is 12.5 Å². The van der Waals surface area contributed by atoms with E-state index in [-0.39, 0.29) is 19.1 Å². The Hall–Kier alpha value is -3.42. The van der Waals surface area contributed by atoms with Gasteiger partial charge in [0.05, 0.1) is 33.8 Å². The fraction of sp³-hybridized carbons (Fsp3) is 0.300. The summed E-state index contributed by atoms with van der Waals surface area (Å²) in [6.07, 6.45) is -0.0394. The molecule has 2 aromatic carbocycles. The lowest BCUT2D eigenvalue weighted by atomic mass is 10.0. The van der Waals surface area contributed by atoms with Gasteiger partial charge in [0.1, 0.15) is 0 Å². The van der Waals surface area contributed by atoms with Gasteiger partial charge in [0.15, 0.2) is 23.0 Å². The number of hydrogen-bond donors (Lipinski definition) is 1. The van der Waals surface area contributed by atoms with Crippen LogP contribution in [0.1, 0.15) is 28.4 Å². The van der Waals surface area contributed by atoms with Gasteiger partial charge in [-0.3, -0.25) is 9.59 Å². The van der Waals surface area contributed by atoms with Crippen LogP contribution in [0.15, 0.2) is 36.4 Å². The van der Waals surface area contributed by atoms with E-state index in [2.05, 4.69) is 5.32 Å². The highest BCUT2D eigenvalue weighted by atomic mass is 16.7. The molecule has 2 aromatic rings. The fourth-order valence-electron chi connectivity index (χ4n) is 2.85. The van der Waals surface area contributed by atoms with E-state index < -0.39 is 12.0 Å². The van der Waals surface area contributed by atoms with Crippen LogP contribution in [0.25, 0.3) is 0 Å². The van der Waals surface area contributed by atoms with Gasteiger partial charge in [-0.05, 0) is 35.9 Å². The van der Waals surface area contributed by atoms with Crippen LogP contribution in [0, 0.1) is 0 Å². The van der Waals surface area contributed by atoms with E-state index in [1.54, 1.807) is 36.4 Å². The van der Waals surface area contributed by atoms with Crippen LogP contribution in [-0.2, 0) is 9.53 Å². The van der Waals surface area contributed by atoms with Crippen molar-refractivity contribution in [1.82, 2.24) is 5.32 Å². The van der Waals surface area contributed by atoms with E-state index >= 15 is 0 Å². The van der Waals surface area contributed by atoms with Crippen molar-refractivity contribution in [3.63, 3.8) is 0 Å². The lowest BCUT2D eigenvalue weighted by Crippen LogP contribution is -2.30. The fourth-order valence-corrected chi connectivity index (χ4v) is 2.85. The van der Waals surface area contributed by atoms with Gasteiger partial charge in [0.2, 0.25) is 6.79 Å². The average molecular weight is 387 g/mol. The van der Waals surface area contributed by atoms with Gasteiger partial charge in [0.25, 0.3) is 5.91 Å². The van der Waals surface area contributed by atoms with Crippen LogP contribution in [0.5, 0.6) is 23.0 Å². The van der Waals surface area contributed by atoms with Crippen molar-refractivity contribution in [1.29, 1.82) is 0 Å². The summed E-state index contributed by atoms with van der Waals surface area (Å²) in [6.45, 7) is 0.122. The second-order valence-corrected chi connectivity index (χ2v) is 5.99. The van der Waals surface area contributed by atoms with Crippen LogP contribution in [0.3, 0.4) is 0 Å². The summed E-state index contributed by atoms with van der Waals surface area (Å²) in [5.41, 5.74) is 1.07. The lowest BCUT2D eigenvalue weighted by molar-refractivity contribution is -0.141. The van der Waals surface area contributed by atoms with Crippen molar-refractivity contribution in [2.75, 3.05) is 28.1 Å². The molecule has 1 amide bonds. The number of amides is 1. The van der Waals surface area contributed by atoms with E-state index in [1.807, 2.05) is 0 Å². The van der Waals surface area contributed by atoms with E-state index in [9.17, 15) is 9.59 Å². The highest BCUT2D eigenvalue weighted by molar-refractivity contribution is 5.95. The van der Waals surface area contributed by atoms with Crippen molar-refractivity contribution >= 4 is 11.9 Å². The Morgan fingerprint density at radius 2 is 1.75 bits per heavy atom. The standard InChI is InChI=1S/C20H21NO7/c1-24-15-6-4-12(8-17(15)25-2)14(10-19(22)26-3)21-20(23)13-5-7-16-18(9-13)28-11-27-16/h4-9,14H,10-11H2,1-3H3,(H,21,23)/t14-/m1/s1. The largest absolute Gasteiger partial charge is 0.493 e. The van der Waals surface area contributed by atoms with Crippen molar-refractivity contribution in [3.8, 4) is 23.0 Å². The maximum atomic E-state index is 12.8. The second-order valence-electron chi connectivity index (χ2n) is 5.99. The van der Waals surface area contributed by atoms with Gasteiger partial charge in [-0.2, -0.15) is 0 Å². The summed E-state index contributed by atoms with van der Waals surface area (Å²) in [5.74, 6) is 1.32. The average Bonchev–Trinajstić information content (AvgIpc) is 3.20. The van der Waals surface area contributed by atoms with Crippen molar-refractivity contribution < 1.29 is 33.3 Å². The molecular weight excluding hydrogens is 366 g/mol. The predicted molar refractivity (Wildman–Crippen MR) is 99.0 cm³/mol. The molecule has 148 valence electrons. The van der Waals surface area contributed by atoms with Gasteiger partial charge in [-0.1, -0.05) is 6.07 Å². The molecule has 28 heavy (non-hydrogen) atoms. The van der Waals surface area contributed by atoms with Gasteiger partial charge in [0, 0.05) is 5.56 Å². The molecular formula is C20H21NO7. The van der Waals surface area contributed by atoms with Crippen LogP contribution >= 0.6 is 0 Å². The Balaban J connectivity index is 1.85. The molecule has 0 bridgehead atoms. The van der Waals surface area contributed by atoms with Crippen LogP contribution < -0.4 is 24.3 Å². The summed E-state index contributed by atoms with van der Waals surface area (Å²) in [6, 6.07) is 9.47. The number of nitrogens with one attached hydrogen (secondary N) is 1. The maximum Gasteiger partial charge on any atom is 0.307 e. The van der Waals surface area contributed by atoms with Gasteiger partial charge in [-0.25, -0.2) is 0 Å². The molecule has 3 rings (SSSR count). The molecule has 1 heterocycles. The number of rotatable bonds is 7. The molecule has 0 saturated carbocycles. The highest BCUT2D eigenvalue weighted by Gasteiger charge is 2.23. The Labute approximate surface area is 162 Å². The Morgan fingerprint density at radius 3 is 2.46 bits per heavy atom. The number of carbonyl (C=O) groups excluding carboxylic acids is 2. The van der Waals surface area contributed by atoms with E-state index in [0.717, 1.165) is 0 Å². The van der Waals surface area contributed by atoms with E-state index in [4.69, 9.17) is 23.7 Å². The molecule has 8 heteroatoms. The van der Waals surface area contributed by atoms with Gasteiger partial charge < -0.3 is 29.0 Å². The smallest absolute Gasteiger partial charge is 0.307 e. The van der Waals surface area contributed by atoms with Gasteiger partial charge in [-0.15, -0.1) is 0 Å². The highest BCUT2D eigenvalue weighted by Crippen LogP contribution is 2.33. The zero-order chi connectivity index (χ0) is 20.1. The molecule has 0 aliphatic carbocycles. The quantitative estimate of drug-likeness (QED) is 0.730. The number of hydrogen-bond acceptors (Lipinski definition) is 7.